The zero-order chi connectivity index (χ0) is 23.1. The van der Waals surface area contributed by atoms with E-state index in [-0.39, 0.29) is 36.0 Å². The fraction of sp³-hybridized carbons (Fsp3) is 0.950. The van der Waals surface area contributed by atoms with Crippen molar-refractivity contribution < 1.29 is 65.4 Å². The van der Waals surface area contributed by atoms with E-state index in [0.29, 0.717) is 6.42 Å². The minimum absolute atomic E-state index is 0. The normalized spacial score (nSPS) is 14.0. The predicted octanol–water partition coefficient (Wildman–Crippen LogP) is 0.516. The van der Waals surface area contributed by atoms with E-state index >= 15 is 0 Å². The van der Waals surface area contributed by atoms with Crippen LogP contribution >= 0.6 is 0 Å². The molecule has 0 radical (unpaired) electrons. The van der Waals surface area contributed by atoms with Gasteiger partial charge in [-0.1, -0.05) is 96.8 Å². The van der Waals surface area contributed by atoms with Gasteiger partial charge in [-0.25, -0.2) is 0 Å². The Kier molecular flexibility index (Phi) is 19.1. The molecular weight excluding hydrogens is 455 g/mol. The number of carboxylic acid groups (broad SMARTS) is 1. The molecule has 180 valence electrons. The molecule has 2 N–H and O–H groups in total. The average Bonchev–Trinajstić information content (AvgIpc) is 2.62. The average molecular weight is 495 g/mol. The van der Waals surface area contributed by atoms with Crippen LogP contribution < -0.4 is 34.7 Å². The van der Waals surface area contributed by atoms with Crippen LogP contribution in [0, 0.1) is 0 Å². The first-order chi connectivity index (χ1) is 14.0. The van der Waals surface area contributed by atoms with Gasteiger partial charge in [-0.05, 0) is 12.8 Å². The molecule has 0 amide bonds. The molecule has 0 aromatic carbocycles. The van der Waals surface area contributed by atoms with E-state index in [4.69, 9.17) is 4.55 Å². The van der Waals surface area contributed by atoms with Crippen LogP contribution in [0.3, 0.4) is 0 Å². The molecule has 0 rings (SSSR count). The molecule has 0 aliphatic rings. The summed E-state index contributed by atoms with van der Waals surface area (Å²) in [7, 11) is -9.68. The smallest absolute Gasteiger partial charge is 0.548 e. The summed E-state index contributed by atoms with van der Waals surface area (Å²) in [6, 6.07) is 0. The van der Waals surface area contributed by atoms with Gasteiger partial charge in [-0.2, -0.15) is 16.8 Å². The number of hydrogen-bond donors (Lipinski definition) is 2. The number of rotatable bonds is 20. The van der Waals surface area contributed by atoms with Crippen LogP contribution in [0.15, 0.2) is 0 Å². The van der Waals surface area contributed by atoms with Gasteiger partial charge < -0.3 is 9.90 Å². The topological polar surface area (TPSA) is 149 Å². The van der Waals surface area contributed by atoms with Gasteiger partial charge in [0.25, 0.3) is 20.2 Å². The Morgan fingerprint density at radius 3 is 1.35 bits per heavy atom. The van der Waals surface area contributed by atoms with Crippen molar-refractivity contribution in [2.24, 2.45) is 0 Å². The van der Waals surface area contributed by atoms with Gasteiger partial charge in [0, 0.05) is 0 Å². The largest absolute Gasteiger partial charge is 1.00 e. The minimum Gasteiger partial charge on any atom is -0.548 e. The van der Waals surface area contributed by atoms with Gasteiger partial charge in [-0.3, -0.25) is 9.11 Å². The quantitative estimate of drug-likeness (QED) is 0.141. The Hall–Kier alpha value is 0.290. The Bertz CT molecular complexity index is 679. The van der Waals surface area contributed by atoms with Crippen molar-refractivity contribution in [3.8, 4) is 0 Å². The summed E-state index contributed by atoms with van der Waals surface area (Å²) in [5.41, 5.74) is 0. The second kappa shape index (κ2) is 17.7. The van der Waals surface area contributed by atoms with Crippen molar-refractivity contribution in [3.63, 3.8) is 0 Å². The summed E-state index contributed by atoms with van der Waals surface area (Å²) in [6.07, 6.45) is 13.5. The van der Waals surface area contributed by atoms with Gasteiger partial charge in [0.15, 0.2) is 0 Å². The Balaban J connectivity index is 0. The number of unbranched alkanes of at least 4 members (excludes halogenated alkanes) is 13. The van der Waals surface area contributed by atoms with E-state index in [1.165, 1.54) is 51.4 Å². The van der Waals surface area contributed by atoms with E-state index < -0.39 is 49.5 Å². The minimum atomic E-state index is -5.10. The summed E-state index contributed by atoms with van der Waals surface area (Å²) in [5.74, 6) is -3.14. The number of hydrogen-bond acceptors (Lipinski definition) is 6. The predicted molar refractivity (Wildman–Crippen MR) is 115 cm³/mol. The van der Waals surface area contributed by atoms with E-state index in [9.17, 15) is 31.3 Å². The van der Waals surface area contributed by atoms with Crippen molar-refractivity contribution >= 4 is 26.2 Å². The molecule has 0 spiro atoms. The van der Waals surface area contributed by atoms with Gasteiger partial charge >= 0.3 is 29.6 Å². The molecule has 11 heteroatoms. The molecule has 0 saturated heterocycles. The van der Waals surface area contributed by atoms with Crippen molar-refractivity contribution in [1.82, 2.24) is 0 Å². The molecule has 0 aliphatic heterocycles. The van der Waals surface area contributed by atoms with E-state index in [1.54, 1.807) is 0 Å². The molecule has 0 aliphatic carbocycles. The molecule has 0 bridgehead atoms. The van der Waals surface area contributed by atoms with Crippen molar-refractivity contribution in [1.29, 1.82) is 0 Å². The molecule has 31 heavy (non-hydrogen) atoms. The number of carbonyl (C=O) groups is 1. The Labute approximate surface area is 210 Å². The van der Waals surface area contributed by atoms with Crippen LogP contribution in [-0.4, -0.2) is 42.4 Å². The Morgan fingerprint density at radius 2 is 1.06 bits per heavy atom. The molecule has 0 fully saturated rings. The fourth-order valence-electron chi connectivity index (χ4n) is 3.59. The summed E-state index contributed by atoms with van der Waals surface area (Å²) in [6.45, 7) is 2.21. The SMILES string of the molecule is CCCCCCCCCCCCCCCCC(CCS(=O)(=O)O)(C(=O)[O-])S(=O)(=O)O.[Na+]. The van der Waals surface area contributed by atoms with Crippen LogP contribution in [-0.2, 0) is 25.0 Å². The molecule has 1 atom stereocenters. The van der Waals surface area contributed by atoms with Crippen LogP contribution in [0.5, 0.6) is 0 Å². The summed E-state index contributed by atoms with van der Waals surface area (Å²) in [4.78, 5) is 11.4. The van der Waals surface area contributed by atoms with Gasteiger partial charge in [0.2, 0.25) is 0 Å². The van der Waals surface area contributed by atoms with Crippen LogP contribution in [0.25, 0.3) is 0 Å². The zero-order valence-corrected chi connectivity index (χ0v) is 22.8. The first-order valence-electron chi connectivity index (χ1n) is 11.1. The molecule has 0 aromatic heterocycles. The molecule has 0 heterocycles. The Morgan fingerprint density at radius 1 is 0.710 bits per heavy atom. The van der Waals surface area contributed by atoms with Crippen molar-refractivity contribution in [3.05, 3.63) is 0 Å². The maximum Gasteiger partial charge on any atom is 1.00 e. The first kappa shape index (κ1) is 33.5. The van der Waals surface area contributed by atoms with Crippen molar-refractivity contribution in [2.45, 2.75) is 114 Å². The van der Waals surface area contributed by atoms with E-state index in [2.05, 4.69) is 6.92 Å². The molecule has 0 aromatic rings. The number of aliphatic carboxylic acids is 1. The van der Waals surface area contributed by atoms with Gasteiger partial charge in [-0.15, -0.1) is 0 Å². The van der Waals surface area contributed by atoms with E-state index in [1.807, 2.05) is 0 Å². The summed E-state index contributed by atoms with van der Waals surface area (Å²) in [5, 5.41) is 11.4. The zero-order valence-electron chi connectivity index (χ0n) is 19.2. The molecule has 1 unspecified atom stereocenters. The summed E-state index contributed by atoms with van der Waals surface area (Å²) < 4.78 is 60.5. The molecular formula is C20H39NaO8S2. The first-order valence-corrected chi connectivity index (χ1v) is 14.1. The monoisotopic (exact) mass is 494 g/mol. The van der Waals surface area contributed by atoms with E-state index in [0.717, 1.165) is 25.7 Å². The van der Waals surface area contributed by atoms with Crippen molar-refractivity contribution in [2.75, 3.05) is 5.75 Å². The second-order valence-electron chi connectivity index (χ2n) is 8.14. The fourth-order valence-corrected chi connectivity index (χ4v) is 5.30. The standard InChI is InChI=1S/C20H40O8S2.Na/c1-2-3-4-5-6-7-8-9-10-11-12-13-14-15-16-20(19(21)22,30(26,27)28)17-18-29(23,24)25;/h2-18H2,1H3,(H,21,22)(H,23,24,25)(H,26,27,28);/q;+1/p-1. The third-order valence-electron chi connectivity index (χ3n) is 5.56. The third-order valence-corrected chi connectivity index (χ3v) is 7.85. The van der Waals surface area contributed by atoms with Crippen LogP contribution in [0.1, 0.15) is 110 Å². The number of carbonyl (C=O) groups excluding carboxylic acids is 1. The van der Waals surface area contributed by atoms with Gasteiger partial charge in [0.05, 0.1) is 11.7 Å². The van der Waals surface area contributed by atoms with Crippen LogP contribution in [0.2, 0.25) is 0 Å². The maximum atomic E-state index is 11.6. The van der Waals surface area contributed by atoms with Crippen LogP contribution in [0.4, 0.5) is 0 Å². The third kappa shape index (κ3) is 15.7. The molecule has 0 saturated carbocycles. The van der Waals surface area contributed by atoms with Gasteiger partial charge in [0.1, 0.15) is 4.75 Å². The molecule has 8 nitrogen and oxygen atoms in total. The summed E-state index contributed by atoms with van der Waals surface area (Å²) >= 11 is 0. The maximum absolute atomic E-state index is 11.6. The number of carboxylic acids is 1. The second-order valence-corrected chi connectivity index (χ2v) is 11.4.